The van der Waals surface area contributed by atoms with Gasteiger partial charge < -0.3 is 5.73 Å². The van der Waals surface area contributed by atoms with E-state index in [2.05, 4.69) is 9.59 Å². The largest absolute Gasteiger partial charge is 0.323 e. The number of nitrogens with two attached hydrogens (primary N) is 1. The minimum absolute atomic E-state index is 0.131. The van der Waals surface area contributed by atoms with Crippen LogP contribution >= 0.6 is 34.7 Å². The Morgan fingerprint density at radius 3 is 2.76 bits per heavy atom. The Kier molecular flexibility index (Phi) is 3.99. The number of benzene rings is 1. The van der Waals surface area contributed by atoms with Crippen LogP contribution in [0.2, 0.25) is 10.0 Å². The Bertz CT molecular complexity index is 527. The lowest BCUT2D eigenvalue weighted by atomic mass is 10.0. The van der Waals surface area contributed by atoms with Gasteiger partial charge in [0.1, 0.15) is 0 Å². The van der Waals surface area contributed by atoms with Crippen molar-refractivity contribution >= 4 is 34.7 Å². The molecule has 3 nitrogen and oxygen atoms in total. The normalized spacial score (nSPS) is 12.7. The van der Waals surface area contributed by atoms with Gasteiger partial charge in [-0.3, -0.25) is 0 Å². The molecular formula is C11H11Cl2N3S. The third kappa shape index (κ3) is 2.96. The van der Waals surface area contributed by atoms with Crippen LogP contribution in [0, 0.1) is 6.92 Å². The lowest BCUT2D eigenvalue weighted by molar-refractivity contribution is 0.728. The van der Waals surface area contributed by atoms with Crippen molar-refractivity contribution in [2.45, 2.75) is 19.4 Å². The van der Waals surface area contributed by atoms with E-state index in [0.29, 0.717) is 16.5 Å². The van der Waals surface area contributed by atoms with E-state index in [1.165, 1.54) is 11.5 Å². The van der Waals surface area contributed by atoms with Gasteiger partial charge in [-0.25, -0.2) is 0 Å². The summed E-state index contributed by atoms with van der Waals surface area (Å²) in [5.74, 6) is 0. The van der Waals surface area contributed by atoms with Crippen molar-refractivity contribution in [2.24, 2.45) is 5.73 Å². The summed E-state index contributed by atoms with van der Waals surface area (Å²) in [6.45, 7) is 1.90. The number of nitrogens with zero attached hydrogens (tertiary/aromatic N) is 2. The van der Waals surface area contributed by atoms with E-state index < -0.39 is 0 Å². The van der Waals surface area contributed by atoms with Gasteiger partial charge in [-0.05, 0) is 42.6 Å². The first kappa shape index (κ1) is 12.8. The Morgan fingerprint density at radius 1 is 1.41 bits per heavy atom. The summed E-state index contributed by atoms with van der Waals surface area (Å²) in [5, 5.41) is 5.22. The van der Waals surface area contributed by atoms with Crippen LogP contribution < -0.4 is 5.73 Å². The second-order valence-electron chi connectivity index (χ2n) is 3.77. The van der Waals surface area contributed by atoms with Crippen LogP contribution in [0.15, 0.2) is 18.2 Å². The standard InChI is InChI=1S/C11H11Cl2N3S/c1-6-11(17-16-15-6)10(14)4-7-2-3-8(12)5-9(7)13/h2-3,5,10H,4,14H2,1H3. The third-order valence-electron chi connectivity index (χ3n) is 2.48. The van der Waals surface area contributed by atoms with E-state index in [4.69, 9.17) is 28.9 Å². The van der Waals surface area contributed by atoms with E-state index in [0.717, 1.165) is 16.1 Å². The van der Waals surface area contributed by atoms with Crippen LogP contribution in [0.3, 0.4) is 0 Å². The highest BCUT2D eigenvalue weighted by atomic mass is 35.5. The predicted octanol–water partition coefficient (Wildman–Crippen LogP) is 3.40. The maximum Gasteiger partial charge on any atom is 0.0772 e. The highest BCUT2D eigenvalue weighted by Gasteiger charge is 2.15. The topological polar surface area (TPSA) is 51.8 Å². The molecule has 2 rings (SSSR count). The molecule has 1 aromatic carbocycles. The molecule has 0 amide bonds. The first-order valence-electron chi connectivity index (χ1n) is 5.06. The van der Waals surface area contributed by atoms with E-state index in [-0.39, 0.29) is 6.04 Å². The smallest absolute Gasteiger partial charge is 0.0772 e. The van der Waals surface area contributed by atoms with Gasteiger partial charge in [0.15, 0.2) is 0 Å². The highest BCUT2D eigenvalue weighted by molar-refractivity contribution is 7.05. The quantitative estimate of drug-likeness (QED) is 0.941. The highest BCUT2D eigenvalue weighted by Crippen LogP contribution is 2.27. The van der Waals surface area contributed by atoms with E-state index in [1.807, 2.05) is 19.1 Å². The molecule has 0 aliphatic carbocycles. The second kappa shape index (κ2) is 5.31. The lowest BCUT2D eigenvalue weighted by Gasteiger charge is -2.11. The monoisotopic (exact) mass is 287 g/mol. The van der Waals surface area contributed by atoms with Crippen LogP contribution in [-0.4, -0.2) is 9.59 Å². The van der Waals surface area contributed by atoms with Gasteiger partial charge in [-0.15, -0.1) is 5.10 Å². The number of rotatable bonds is 3. The van der Waals surface area contributed by atoms with Crippen LogP contribution in [0.4, 0.5) is 0 Å². The summed E-state index contributed by atoms with van der Waals surface area (Å²) >= 11 is 13.3. The molecule has 0 radical (unpaired) electrons. The van der Waals surface area contributed by atoms with Gasteiger partial charge in [0.05, 0.1) is 10.6 Å². The molecule has 1 aromatic heterocycles. The predicted molar refractivity (Wildman–Crippen MR) is 71.7 cm³/mol. The van der Waals surface area contributed by atoms with Crippen molar-refractivity contribution in [1.82, 2.24) is 9.59 Å². The minimum atomic E-state index is -0.131. The Morgan fingerprint density at radius 2 is 2.18 bits per heavy atom. The van der Waals surface area contributed by atoms with Crippen LogP contribution in [0.5, 0.6) is 0 Å². The van der Waals surface area contributed by atoms with Gasteiger partial charge in [-0.2, -0.15) is 0 Å². The first-order valence-corrected chi connectivity index (χ1v) is 6.59. The molecule has 0 fully saturated rings. The average Bonchev–Trinajstić information content (AvgIpc) is 2.68. The fraction of sp³-hybridized carbons (Fsp3) is 0.273. The zero-order valence-electron chi connectivity index (χ0n) is 9.15. The van der Waals surface area contributed by atoms with Crippen LogP contribution in [-0.2, 0) is 6.42 Å². The van der Waals surface area contributed by atoms with Gasteiger partial charge in [0.25, 0.3) is 0 Å². The van der Waals surface area contributed by atoms with E-state index in [9.17, 15) is 0 Å². The van der Waals surface area contributed by atoms with Gasteiger partial charge in [-0.1, -0.05) is 33.8 Å². The third-order valence-corrected chi connectivity index (χ3v) is 4.02. The lowest BCUT2D eigenvalue weighted by Crippen LogP contribution is -2.13. The van der Waals surface area contributed by atoms with Gasteiger partial charge >= 0.3 is 0 Å². The minimum Gasteiger partial charge on any atom is -0.323 e. The molecule has 0 bridgehead atoms. The van der Waals surface area contributed by atoms with E-state index in [1.54, 1.807) is 6.07 Å². The van der Waals surface area contributed by atoms with Crippen molar-refractivity contribution in [3.05, 3.63) is 44.4 Å². The maximum absolute atomic E-state index is 6.12. The molecule has 0 saturated carbocycles. The Balaban J connectivity index is 2.19. The Labute approximate surface area is 114 Å². The number of aromatic nitrogens is 2. The zero-order chi connectivity index (χ0) is 12.4. The summed E-state index contributed by atoms with van der Waals surface area (Å²) in [6.07, 6.45) is 0.653. The summed E-state index contributed by atoms with van der Waals surface area (Å²) in [6, 6.07) is 5.30. The molecule has 2 aromatic rings. The summed E-state index contributed by atoms with van der Waals surface area (Å²) in [7, 11) is 0. The SMILES string of the molecule is Cc1nnsc1C(N)Cc1ccc(Cl)cc1Cl. The second-order valence-corrected chi connectivity index (χ2v) is 5.40. The molecule has 0 spiro atoms. The molecule has 1 unspecified atom stereocenters. The molecule has 6 heteroatoms. The van der Waals surface area contributed by atoms with Crippen molar-refractivity contribution < 1.29 is 0 Å². The molecule has 90 valence electrons. The van der Waals surface area contributed by atoms with Crippen LogP contribution in [0.25, 0.3) is 0 Å². The maximum atomic E-state index is 6.12. The molecule has 17 heavy (non-hydrogen) atoms. The molecule has 1 heterocycles. The molecule has 0 aliphatic rings. The molecule has 1 atom stereocenters. The molecule has 0 saturated heterocycles. The summed E-state index contributed by atoms with van der Waals surface area (Å²) < 4.78 is 3.88. The van der Waals surface area contributed by atoms with Crippen molar-refractivity contribution in [3.63, 3.8) is 0 Å². The van der Waals surface area contributed by atoms with Crippen molar-refractivity contribution in [3.8, 4) is 0 Å². The Hall–Kier alpha value is -0.680. The fourth-order valence-electron chi connectivity index (χ4n) is 1.59. The fourth-order valence-corrected chi connectivity index (χ4v) is 2.72. The number of hydrogen-bond donors (Lipinski definition) is 1. The number of halogens is 2. The molecular weight excluding hydrogens is 277 g/mol. The summed E-state index contributed by atoms with van der Waals surface area (Å²) in [4.78, 5) is 0.996. The molecule has 2 N–H and O–H groups in total. The zero-order valence-corrected chi connectivity index (χ0v) is 11.5. The number of hydrogen-bond acceptors (Lipinski definition) is 4. The van der Waals surface area contributed by atoms with Gasteiger partial charge in [0, 0.05) is 16.1 Å². The molecule has 0 aliphatic heterocycles. The van der Waals surface area contributed by atoms with E-state index >= 15 is 0 Å². The summed E-state index contributed by atoms with van der Waals surface area (Å²) in [5.41, 5.74) is 7.98. The van der Waals surface area contributed by atoms with Gasteiger partial charge in [0.2, 0.25) is 0 Å². The van der Waals surface area contributed by atoms with Crippen LogP contribution in [0.1, 0.15) is 22.2 Å². The van der Waals surface area contributed by atoms with Crippen molar-refractivity contribution in [2.75, 3.05) is 0 Å². The van der Waals surface area contributed by atoms with Crippen molar-refractivity contribution in [1.29, 1.82) is 0 Å². The first-order chi connectivity index (χ1) is 8.08. The number of aryl methyl sites for hydroxylation is 1. The average molecular weight is 288 g/mol.